The Morgan fingerprint density at radius 3 is 2.58 bits per heavy atom. The zero-order chi connectivity index (χ0) is 22.5. The lowest BCUT2D eigenvalue weighted by Crippen LogP contribution is -2.21. The zero-order valence-electron chi connectivity index (χ0n) is 18.4. The summed E-state index contributed by atoms with van der Waals surface area (Å²) in [5.41, 5.74) is 1.69. The topological polar surface area (TPSA) is 81.5 Å². The lowest BCUT2D eigenvalue weighted by Gasteiger charge is -2.16. The fourth-order valence-corrected chi connectivity index (χ4v) is 4.81. The van der Waals surface area contributed by atoms with E-state index >= 15 is 0 Å². The van der Waals surface area contributed by atoms with E-state index in [1.54, 1.807) is 0 Å². The van der Waals surface area contributed by atoms with Gasteiger partial charge >= 0.3 is 0 Å². The van der Waals surface area contributed by atoms with E-state index in [0.717, 1.165) is 37.6 Å². The van der Waals surface area contributed by atoms with Crippen molar-refractivity contribution < 1.29 is 14.3 Å². The smallest absolute Gasteiger partial charge is 0.234 e. The summed E-state index contributed by atoms with van der Waals surface area (Å²) in [5.74, 6) is 2.38. The molecule has 33 heavy (non-hydrogen) atoms. The molecule has 9 heteroatoms. The summed E-state index contributed by atoms with van der Waals surface area (Å²) in [6.45, 7) is 4.17. The molecule has 3 aromatic rings. The molecule has 0 spiro atoms. The van der Waals surface area contributed by atoms with Crippen LogP contribution in [-0.4, -0.2) is 57.6 Å². The molecule has 0 atom stereocenters. The number of anilines is 1. The van der Waals surface area contributed by atoms with E-state index in [4.69, 9.17) is 9.47 Å². The van der Waals surface area contributed by atoms with Crippen LogP contribution in [0.5, 0.6) is 11.5 Å². The van der Waals surface area contributed by atoms with Gasteiger partial charge in [-0.2, -0.15) is 0 Å². The SMILES string of the molecule is O=C(CSc1nnc(CN2CCCC2)n1-c1ccccc1)Nc1ccc2c(c1)OCCCO2. The van der Waals surface area contributed by atoms with Gasteiger partial charge in [-0.25, -0.2) is 0 Å². The first-order chi connectivity index (χ1) is 16.3. The highest BCUT2D eigenvalue weighted by Crippen LogP contribution is 2.32. The van der Waals surface area contributed by atoms with Crippen LogP contribution in [0, 0.1) is 0 Å². The Morgan fingerprint density at radius 2 is 1.76 bits per heavy atom. The number of fused-ring (bicyclic) bond motifs is 1. The Balaban J connectivity index is 1.27. The van der Waals surface area contributed by atoms with E-state index in [-0.39, 0.29) is 11.7 Å². The lowest BCUT2D eigenvalue weighted by atomic mass is 10.2. The zero-order valence-corrected chi connectivity index (χ0v) is 19.2. The van der Waals surface area contributed by atoms with Crippen molar-refractivity contribution >= 4 is 23.4 Å². The maximum atomic E-state index is 12.7. The number of likely N-dealkylation sites (tertiary alicyclic amines) is 1. The maximum Gasteiger partial charge on any atom is 0.234 e. The molecule has 2 aromatic carbocycles. The second-order valence-electron chi connectivity index (χ2n) is 8.10. The Hall–Kier alpha value is -3.04. The second kappa shape index (κ2) is 10.3. The minimum atomic E-state index is -0.113. The highest BCUT2D eigenvalue weighted by Gasteiger charge is 2.20. The molecular weight excluding hydrogens is 438 g/mol. The molecule has 5 rings (SSSR count). The molecule has 2 aliphatic rings. The second-order valence-corrected chi connectivity index (χ2v) is 9.04. The molecule has 172 valence electrons. The fraction of sp³-hybridized carbons (Fsp3) is 0.375. The highest BCUT2D eigenvalue weighted by molar-refractivity contribution is 7.99. The van der Waals surface area contributed by atoms with Gasteiger partial charge in [-0.15, -0.1) is 10.2 Å². The Bertz CT molecular complexity index is 1100. The molecule has 3 heterocycles. The Kier molecular flexibility index (Phi) is 6.78. The third-order valence-electron chi connectivity index (χ3n) is 5.64. The number of para-hydroxylation sites is 1. The van der Waals surface area contributed by atoms with Gasteiger partial charge in [0.2, 0.25) is 5.91 Å². The predicted molar refractivity (Wildman–Crippen MR) is 127 cm³/mol. The van der Waals surface area contributed by atoms with Gasteiger partial charge in [-0.1, -0.05) is 30.0 Å². The van der Waals surface area contributed by atoms with Crippen LogP contribution >= 0.6 is 11.8 Å². The molecule has 0 unspecified atom stereocenters. The van der Waals surface area contributed by atoms with Crippen molar-refractivity contribution in [2.24, 2.45) is 0 Å². The van der Waals surface area contributed by atoms with Gasteiger partial charge in [0.15, 0.2) is 22.5 Å². The van der Waals surface area contributed by atoms with Gasteiger partial charge in [0.25, 0.3) is 0 Å². The van der Waals surface area contributed by atoms with Gasteiger partial charge in [0.05, 0.1) is 25.5 Å². The molecule has 0 aliphatic carbocycles. The first-order valence-corrected chi connectivity index (χ1v) is 12.3. The number of carbonyl (C=O) groups is 1. The Labute approximate surface area is 197 Å². The number of hydrogen-bond acceptors (Lipinski definition) is 7. The third-order valence-corrected chi connectivity index (χ3v) is 6.57. The van der Waals surface area contributed by atoms with Gasteiger partial charge in [-0.3, -0.25) is 14.3 Å². The Morgan fingerprint density at radius 1 is 0.970 bits per heavy atom. The summed E-state index contributed by atoms with van der Waals surface area (Å²) in [7, 11) is 0. The molecule has 0 radical (unpaired) electrons. The highest BCUT2D eigenvalue weighted by atomic mass is 32.2. The molecule has 1 amide bonds. The number of carbonyl (C=O) groups excluding carboxylic acids is 1. The van der Waals surface area contributed by atoms with Crippen LogP contribution in [-0.2, 0) is 11.3 Å². The minimum absolute atomic E-state index is 0.113. The van der Waals surface area contributed by atoms with Gasteiger partial charge in [0, 0.05) is 23.9 Å². The molecule has 1 saturated heterocycles. The van der Waals surface area contributed by atoms with Crippen LogP contribution in [0.25, 0.3) is 5.69 Å². The molecule has 1 N–H and O–H groups in total. The van der Waals surface area contributed by atoms with Crippen LogP contribution < -0.4 is 14.8 Å². The number of nitrogens with one attached hydrogen (secondary N) is 1. The van der Waals surface area contributed by atoms with Crippen molar-refractivity contribution in [3.8, 4) is 17.2 Å². The largest absolute Gasteiger partial charge is 0.490 e. The van der Waals surface area contributed by atoms with E-state index in [2.05, 4.69) is 25.0 Å². The van der Waals surface area contributed by atoms with E-state index in [9.17, 15) is 4.79 Å². The normalized spacial score (nSPS) is 15.9. The van der Waals surface area contributed by atoms with E-state index in [1.165, 1.54) is 24.6 Å². The number of aromatic nitrogens is 3. The standard InChI is InChI=1S/C24H27N5O3S/c30-23(25-18-9-10-20-21(15-18)32-14-6-13-31-20)17-33-24-27-26-22(16-28-11-4-5-12-28)29(24)19-7-2-1-3-8-19/h1-3,7-10,15H,4-6,11-14,16-17H2,(H,25,30). The number of hydrogen-bond donors (Lipinski definition) is 1. The van der Waals surface area contributed by atoms with E-state index < -0.39 is 0 Å². The molecule has 0 saturated carbocycles. The van der Waals surface area contributed by atoms with Crippen molar-refractivity contribution in [3.05, 3.63) is 54.4 Å². The average Bonchev–Trinajstić information content (AvgIpc) is 3.43. The number of amides is 1. The van der Waals surface area contributed by atoms with Crippen molar-refractivity contribution in [3.63, 3.8) is 0 Å². The van der Waals surface area contributed by atoms with Gasteiger partial charge in [-0.05, 0) is 50.2 Å². The summed E-state index contributed by atoms with van der Waals surface area (Å²) in [6.07, 6.45) is 3.29. The summed E-state index contributed by atoms with van der Waals surface area (Å²) < 4.78 is 13.4. The summed E-state index contributed by atoms with van der Waals surface area (Å²) in [4.78, 5) is 15.1. The van der Waals surface area contributed by atoms with Crippen molar-refractivity contribution in [1.82, 2.24) is 19.7 Å². The first-order valence-electron chi connectivity index (χ1n) is 11.3. The summed E-state index contributed by atoms with van der Waals surface area (Å²) >= 11 is 1.38. The van der Waals surface area contributed by atoms with Crippen LogP contribution in [0.15, 0.2) is 53.7 Å². The summed E-state index contributed by atoms with van der Waals surface area (Å²) in [5, 5.41) is 12.5. The quantitative estimate of drug-likeness (QED) is 0.532. The van der Waals surface area contributed by atoms with E-state index in [0.29, 0.717) is 35.6 Å². The van der Waals surface area contributed by atoms with Crippen molar-refractivity contribution in [1.29, 1.82) is 0 Å². The number of thioether (sulfide) groups is 1. The van der Waals surface area contributed by atoms with Crippen molar-refractivity contribution in [2.45, 2.75) is 31.0 Å². The number of rotatable bonds is 7. The molecule has 8 nitrogen and oxygen atoms in total. The number of benzene rings is 2. The molecule has 2 aliphatic heterocycles. The lowest BCUT2D eigenvalue weighted by molar-refractivity contribution is -0.113. The van der Waals surface area contributed by atoms with Crippen molar-refractivity contribution in [2.75, 3.05) is 37.4 Å². The van der Waals surface area contributed by atoms with E-state index in [1.807, 2.05) is 48.5 Å². The van der Waals surface area contributed by atoms with Crippen LogP contribution in [0.1, 0.15) is 25.1 Å². The number of ether oxygens (including phenoxy) is 2. The molecule has 0 bridgehead atoms. The number of nitrogens with zero attached hydrogens (tertiary/aromatic N) is 4. The fourth-order valence-electron chi connectivity index (χ4n) is 4.04. The monoisotopic (exact) mass is 465 g/mol. The average molecular weight is 466 g/mol. The van der Waals surface area contributed by atoms with Crippen LogP contribution in [0.3, 0.4) is 0 Å². The molecule has 1 fully saturated rings. The van der Waals surface area contributed by atoms with Gasteiger partial charge in [0.1, 0.15) is 0 Å². The van der Waals surface area contributed by atoms with Gasteiger partial charge < -0.3 is 14.8 Å². The van der Waals surface area contributed by atoms with Crippen LogP contribution in [0.4, 0.5) is 5.69 Å². The maximum absolute atomic E-state index is 12.7. The summed E-state index contributed by atoms with van der Waals surface area (Å²) in [6, 6.07) is 15.5. The van der Waals surface area contributed by atoms with Crippen LogP contribution in [0.2, 0.25) is 0 Å². The molecular formula is C24H27N5O3S. The minimum Gasteiger partial charge on any atom is -0.490 e. The predicted octanol–water partition coefficient (Wildman–Crippen LogP) is 3.76. The third kappa shape index (κ3) is 5.31. The first kappa shape index (κ1) is 21.8. The molecule has 1 aromatic heterocycles.